The first-order chi connectivity index (χ1) is 17.5. The second-order valence-electron chi connectivity index (χ2n) is 8.19. The first kappa shape index (κ1) is 24.8. The molecule has 6 rings (SSSR count). The highest BCUT2D eigenvalue weighted by Crippen LogP contribution is 2.32. The lowest BCUT2D eigenvalue weighted by Crippen LogP contribution is -2.15. The normalized spacial score (nSPS) is 10.8. The SMILES string of the molecule is Nc1cc2ccccc2cc1N.OCC(O)CO.c1ccc2c(c1)c1cccnc1c1ncccc21. The molecule has 2 aromatic heterocycles. The van der Waals surface area contributed by atoms with Crippen LogP contribution in [0, 0.1) is 0 Å². The van der Waals surface area contributed by atoms with Gasteiger partial charge in [0.2, 0.25) is 0 Å². The van der Waals surface area contributed by atoms with Crippen LogP contribution in [0.1, 0.15) is 0 Å². The van der Waals surface area contributed by atoms with Crippen LogP contribution in [-0.2, 0) is 0 Å². The first-order valence-corrected chi connectivity index (χ1v) is 11.5. The van der Waals surface area contributed by atoms with Crippen LogP contribution in [0.3, 0.4) is 0 Å². The fourth-order valence-corrected chi connectivity index (χ4v) is 3.91. The van der Waals surface area contributed by atoms with Crippen LogP contribution in [0.2, 0.25) is 0 Å². The van der Waals surface area contributed by atoms with Gasteiger partial charge in [-0.1, -0.05) is 60.7 Å². The van der Waals surface area contributed by atoms with Crippen molar-refractivity contribution in [2.24, 2.45) is 0 Å². The van der Waals surface area contributed by atoms with Gasteiger partial charge in [-0.2, -0.15) is 0 Å². The van der Waals surface area contributed by atoms with Crippen molar-refractivity contribution in [3.63, 3.8) is 0 Å². The predicted molar refractivity (Wildman–Crippen MR) is 148 cm³/mol. The van der Waals surface area contributed by atoms with E-state index in [0.29, 0.717) is 11.4 Å². The molecule has 0 aliphatic heterocycles. The van der Waals surface area contributed by atoms with Gasteiger partial charge in [0.1, 0.15) is 6.10 Å². The second-order valence-corrected chi connectivity index (χ2v) is 8.19. The van der Waals surface area contributed by atoms with Crippen LogP contribution < -0.4 is 11.5 Å². The number of aliphatic hydroxyl groups is 3. The number of nitrogens with two attached hydrogens (primary N) is 2. The number of anilines is 2. The van der Waals surface area contributed by atoms with Crippen LogP contribution in [0.15, 0.2) is 97.3 Å². The molecule has 0 bridgehead atoms. The number of nitrogen functional groups attached to an aromatic ring is 2. The summed E-state index contributed by atoms with van der Waals surface area (Å²) in [7, 11) is 0. The van der Waals surface area contributed by atoms with E-state index in [1.165, 1.54) is 21.5 Å². The van der Waals surface area contributed by atoms with Gasteiger partial charge >= 0.3 is 0 Å². The molecular weight excluding hydrogens is 452 g/mol. The monoisotopic (exact) mass is 480 g/mol. The molecule has 4 aromatic carbocycles. The largest absolute Gasteiger partial charge is 0.397 e. The molecule has 0 amide bonds. The molecule has 6 aromatic rings. The summed E-state index contributed by atoms with van der Waals surface area (Å²) in [5, 5.41) is 31.1. The summed E-state index contributed by atoms with van der Waals surface area (Å²) in [5.74, 6) is 0. The Bertz CT molecular complexity index is 1360. The average molecular weight is 481 g/mol. The number of pyridine rings is 2. The minimum Gasteiger partial charge on any atom is -0.397 e. The minimum atomic E-state index is -0.954. The molecule has 7 heteroatoms. The zero-order valence-electron chi connectivity index (χ0n) is 19.6. The van der Waals surface area contributed by atoms with Gasteiger partial charge in [-0.25, -0.2) is 0 Å². The summed E-state index contributed by atoms with van der Waals surface area (Å²) < 4.78 is 0. The third-order valence-corrected chi connectivity index (χ3v) is 5.72. The second kappa shape index (κ2) is 11.4. The van der Waals surface area contributed by atoms with Crippen molar-refractivity contribution in [2.75, 3.05) is 24.7 Å². The average Bonchev–Trinajstić information content (AvgIpc) is 2.94. The number of hydrogen-bond donors (Lipinski definition) is 5. The van der Waals surface area contributed by atoms with Crippen molar-refractivity contribution >= 4 is 54.7 Å². The van der Waals surface area contributed by atoms with E-state index in [-0.39, 0.29) is 13.2 Å². The Kier molecular flexibility index (Phi) is 7.87. The quantitative estimate of drug-likeness (QED) is 0.184. The number of hydrogen-bond acceptors (Lipinski definition) is 7. The Balaban J connectivity index is 0.000000146. The van der Waals surface area contributed by atoms with Gasteiger partial charge in [-0.15, -0.1) is 0 Å². The van der Waals surface area contributed by atoms with Crippen molar-refractivity contribution in [1.82, 2.24) is 9.97 Å². The van der Waals surface area contributed by atoms with Crippen molar-refractivity contribution in [1.29, 1.82) is 0 Å². The van der Waals surface area contributed by atoms with Crippen LogP contribution >= 0.6 is 0 Å². The molecule has 7 N–H and O–H groups in total. The fourth-order valence-electron chi connectivity index (χ4n) is 3.91. The molecule has 0 aliphatic rings. The number of benzene rings is 4. The molecule has 36 heavy (non-hydrogen) atoms. The van der Waals surface area contributed by atoms with Gasteiger partial charge in [-0.05, 0) is 45.8 Å². The summed E-state index contributed by atoms with van der Waals surface area (Å²) in [6.07, 6.45) is 2.70. The van der Waals surface area contributed by atoms with E-state index in [0.717, 1.165) is 21.8 Å². The zero-order valence-corrected chi connectivity index (χ0v) is 19.6. The molecule has 0 saturated carbocycles. The Morgan fingerprint density at radius 2 is 0.972 bits per heavy atom. The van der Waals surface area contributed by atoms with E-state index in [4.69, 9.17) is 26.8 Å². The molecule has 7 nitrogen and oxygen atoms in total. The molecule has 0 aliphatic carbocycles. The molecular formula is C29H28N4O3. The van der Waals surface area contributed by atoms with Crippen molar-refractivity contribution in [2.45, 2.75) is 6.10 Å². The number of rotatable bonds is 2. The van der Waals surface area contributed by atoms with Crippen molar-refractivity contribution in [3.8, 4) is 0 Å². The lowest BCUT2D eigenvalue weighted by molar-refractivity contribution is 0.0450. The molecule has 182 valence electrons. The van der Waals surface area contributed by atoms with E-state index in [1.807, 2.05) is 60.9 Å². The summed E-state index contributed by atoms with van der Waals surface area (Å²) in [4.78, 5) is 8.99. The third-order valence-electron chi connectivity index (χ3n) is 5.72. The number of fused-ring (bicyclic) bond motifs is 7. The maximum atomic E-state index is 8.17. The summed E-state index contributed by atoms with van der Waals surface area (Å²) in [5.41, 5.74) is 14.6. The van der Waals surface area contributed by atoms with E-state index in [2.05, 4.69) is 46.4 Å². The molecule has 0 atom stereocenters. The van der Waals surface area contributed by atoms with Crippen molar-refractivity contribution in [3.05, 3.63) is 97.3 Å². The lowest BCUT2D eigenvalue weighted by atomic mass is 10.0. The smallest absolute Gasteiger partial charge is 0.100 e. The molecule has 0 saturated heterocycles. The van der Waals surface area contributed by atoms with Crippen LogP contribution in [0.25, 0.3) is 43.4 Å². The zero-order chi connectivity index (χ0) is 25.5. The van der Waals surface area contributed by atoms with Gasteiger partial charge < -0.3 is 26.8 Å². The first-order valence-electron chi connectivity index (χ1n) is 11.5. The van der Waals surface area contributed by atoms with E-state index in [9.17, 15) is 0 Å². The molecule has 0 unspecified atom stereocenters. The summed E-state index contributed by atoms with van der Waals surface area (Å²) >= 11 is 0. The number of aromatic nitrogens is 2. The van der Waals surface area contributed by atoms with Crippen molar-refractivity contribution < 1.29 is 15.3 Å². The van der Waals surface area contributed by atoms with Crippen LogP contribution in [0.4, 0.5) is 11.4 Å². The maximum absolute atomic E-state index is 8.17. The van der Waals surface area contributed by atoms with Gasteiger partial charge in [0.25, 0.3) is 0 Å². The van der Waals surface area contributed by atoms with Crippen LogP contribution in [-0.4, -0.2) is 44.6 Å². The summed E-state index contributed by atoms with van der Waals surface area (Å²) in [6.45, 7) is -0.729. The van der Waals surface area contributed by atoms with Crippen LogP contribution in [0.5, 0.6) is 0 Å². The van der Waals surface area contributed by atoms with E-state index >= 15 is 0 Å². The number of aliphatic hydroxyl groups excluding tert-OH is 3. The van der Waals surface area contributed by atoms with Gasteiger partial charge in [-0.3, -0.25) is 9.97 Å². The van der Waals surface area contributed by atoms with E-state index < -0.39 is 6.10 Å². The highest BCUT2D eigenvalue weighted by Gasteiger charge is 2.08. The Morgan fingerprint density at radius 1 is 0.583 bits per heavy atom. The molecule has 2 heterocycles. The van der Waals surface area contributed by atoms with Gasteiger partial charge in [0.15, 0.2) is 0 Å². The Hall–Kier alpha value is -4.30. The molecule has 0 radical (unpaired) electrons. The standard InChI is InChI=1S/C16H10N2.C10H10N2.C3H8O3/c1-2-6-12-11(5-1)13-7-3-9-17-15(13)16-14(12)8-4-10-18-16;11-9-5-7-3-1-2-4-8(7)6-10(9)12;4-1-3(6)2-5/h1-10H;1-6H,11-12H2;3-6H,1-2H2. The lowest BCUT2D eigenvalue weighted by Gasteiger charge is -2.07. The van der Waals surface area contributed by atoms with Gasteiger partial charge in [0, 0.05) is 23.2 Å². The molecule has 0 fully saturated rings. The van der Waals surface area contributed by atoms with Gasteiger partial charge in [0.05, 0.1) is 35.6 Å². The highest BCUT2D eigenvalue weighted by molar-refractivity contribution is 6.22. The minimum absolute atomic E-state index is 0.365. The summed E-state index contributed by atoms with van der Waals surface area (Å²) in [6, 6.07) is 28.4. The fraction of sp³-hybridized carbons (Fsp3) is 0.103. The highest BCUT2D eigenvalue weighted by atomic mass is 16.3. The number of nitrogens with zero attached hydrogens (tertiary/aromatic N) is 2. The third kappa shape index (κ3) is 5.34. The Labute approximate surface area is 208 Å². The maximum Gasteiger partial charge on any atom is 0.100 e. The molecule has 0 spiro atoms. The predicted octanol–water partition coefficient (Wildman–Crippen LogP) is 4.27. The Morgan fingerprint density at radius 3 is 1.36 bits per heavy atom. The topological polar surface area (TPSA) is 139 Å². The van der Waals surface area contributed by atoms with E-state index in [1.54, 1.807) is 0 Å².